The molecule has 0 aliphatic carbocycles. The van der Waals surface area contributed by atoms with Crippen LogP contribution in [0.15, 0.2) is 60.8 Å². The van der Waals surface area contributed by atoms with Gasteiger partial charge in [-0.15, -0.1) is 0 Å². The van der Waals surface area contributed by atoms with E-state index < -0.39 is 12.1 Å². The number of imide groups is 1. The van der Waals surface area contributed by atoms with E-state index in [1.54, 1.807) is 13.8 Å². The summed E-state index contributed by atoms with van der Waals surface area (Å²) >= 11 is 0. The van der Waals surface area contributed by atoms with Gasteiger partial charge in [0.15, 0.2) is 0 Å². The first-order valence-electron chi connectivity index (χ1n) is 9.53. The van der Waals surface area contributed by atoms with E-state index in [2.05, 4.69) is 45.2 Å². The second-order valence-corrected chi connectivity index (χ2v) is 6.73. The van der Waals surface area contributed by atoms with Crippen molar-refractivity contribution in [3.63, 3.8) is 0 Å². The summed E-state index contributed by atoms with van der Waals surface area (Å²) < 4.78 is 0. The molecule has 0 unspecified atom stereocenters. The molecule has 3 amide bonds. The lowest BCUT2D eigenvalue weighted by Crippen LogP contribution is -2.48. The SMILES string of the molecule is CCNC(=O)NC(=O)[C@H](C)NC[C@@H](c1ccccc1)c1c[nH]c2ccccc12. The van der Waals surface area contributed by atoms with Gasteiger partial charge in [0, 0.05) is 36.1 Å². The van der Waals surface area contributed by atoms with Gasteiger partial charge in [-0.1, -0.05) is 48.5 Å². The number of rotatable bonds is 7. The number of benzene rings is 2. The minimum Gasteiger partial charge on any atom is -0.361 e. The molecule has 0 fully saturated rings. The van der Waals surface area contributed by atoms with Crippen molar-refractivity contribution in [1.29, 1.82) is 0 Å². The topological polar surface area (TPSA) is 86.0 Å². The average molecular weight is 378 g/mol. The maximum atomic E-state index is 12.2. The van der Waals surface area contributed by atoms with Gasteiger partial charge in [0.05, 0.1) is 6.04 Å². The number of carbonyl (C=O) groups is 2. The number of urea groups is 1. The van der Waals surface area contributed by atoms with Gasteiger partial charge in [0.2, 0.25) is 5.91 Å². The number of aromatic amines is 1. The third-order valence-corrected chi connectivity index (χ3v) is 4.79. The first kappa shape index (κ1) is 19.6. The fourth-order valence-corrected chi connectivity index (χ4v) is 3.29. The van der Waals surface area contributed by atoms with Crippen molar-refractivity contribution in [2.75, 3.05) is 13.1 Å². The average Bonchev–Trinajstić information content (AvgIpc) is 3.13. The molecule has 6 heteroatoms. The molecule has 28 heavy (non-hydrogen) atoms. The number of H-pyrrole nitrogens is 1. The van der Waals surface area contributed by atoms with Gasteiger partial charge in [-0.25, -0.2) is 4.79 Å². The lowest BCUT2D eigenvalue weighted by molar-refractivity contribution is -0.121. The second-order valence-electron chi connectivity index (χ2n) is 6.73. The summed E-state index contributed by atoms with van der Waals surface area (Å²) in [4.78, 5) is 27.1. The molecule has 1 heterocycles. The molecule has 0 aliphatic heterocycles. The van der Waals surface area contributed by atoms with Crippen LogP contribution in [0.1, 0.15) is 30.9 Å². The van der Waals surface area contributed by atoms with E-state index in [0.717, 1.165) is 16.5 Å². The molecule has 3 rings (SSSR count). The Labute approximate surface area is 164 Å². The van der Waals surface area contributed by atoms with Crippen molar-refractivity contribution >= 4 is 22.8 Å². The van der Waals surface area contributed by atoms with Gasteiger partial charge in [-0.2, -0.15) is 0 Å². The number of para-hydroxylation sites is 1. The van der Waals surface area contributed by atoms with Gasteiger partial charge in [0.25, 0.3) is 0 Å². The Morgan fingerprint density at radius 3 is 2.50 bits per heavy atom. The van der Waals surface area contributed by atoms with Crippen LogP contribution < -0.4 is 16.0 Å². The van der Waals surface area contributed by atoms with Crippen LogP contribution >= 0.6 is 0 Å². The predicted octanol–water partition coefficient (Wildman–Crippen LogP) is 3.12. The quantitative estimate of drug-likeness (QED) is 0.509. The maximum absolute atomic E-state index is 12.2. The second kappa shape index (κ2) is 9.19. The first-order chi connectivity index (χ1) is 13.6. The van der Waals surface area contributed by atoms with E-state index >= 15 is 0 Å². The molecule has 2 aromatic carbocycles. The number of nitrogens with one attached hydrogen (secondary N) is 4. The lowest BCUT2D eigenvalue weighted by Gasteiger charge is -2.21. The Bertz CT molecular complexity index is 936. The van der Waals surface area contributed by atoms with Crippen LogP contribution in [0.4, 0.5) is 4.79 Å². The molecule has 0 bridgehead atoms. The first-order valence-corrected chi connectivity index (χ1v) is 9.53. The summed E-state index contributed by atoms with van der Waals surface area (Å²) in [6.45, 7) is 4.59. The van der Waals surface area contributed by atoms with Gasteiger partial charge < -0.3 is 15.6 Å². The Morgan fingerprint density at radius 2 is 1.75 bits per heavy atom. The van der Waals surface area contributed by atoms with Crippen LogP contribution in [0, 0.1) is 0 Å². The van der Waals surface area contributed by atoms with Crippen LogP contribution in [0.5, 0.6) is 0 Å². The smallest absolute Gasteiger partial charge is 0.321 e. The lowest BCUT2D eigenvalue weighted by atomic mass is 9.90. The standard InChI is InChI=1S/C22H26N4O2/c1-3-23-22(28)26-21(27)15(2)24-13-18(16-9-5-4-6-10-16)19-14-25-20-12-8-7-11-17(19)20/h4-12,14-15,18,24-25H,3,13H2,1-2H3,(H2,23,26,27,28)/t15-,18-/m0/s1. The maximum Gasteiger partial charge on any atom is 0.321 e. The molecule has 0 spiro atoms. The predicted molar refractivity (Wildman–Crippen MR) is 111 cm³/mol. The van der Waals surface area contributed by atoms with Crippen LogP contribution in [0.2, 0.25) is 0 Å². The van der Waals surface area contributed by atoms with Crippen molar-refractivity contribution in [1.82, 2.24) is 20.9 Å². The van der Waals surface area contributed by atoms with Gasteiger partial charge >= 0.3 is 6.03 Å². The molecule has 4 N–H and O–H groups in total. The molecule has 2 atom stereocenters. The van der Waals surface area contributed by atoms with E-state index in [9.17, 15) is 9.59 Å². The number of hydrogen-bond donors (Lipinski definition) is 4. The highest BCUT2D eigenvalue weighted by Gasteiger charge is 2.21. The molecule has 0 saturated heterocycles. The fraction of sp³-hybridized carbons (Fsp3) is 0.273. The zero-order chi connectivity index (χ0) is 19.9. The van der Waals surface area contributed by atoms with Crippen molar-refractivity contribution in [3.8, 4) is 0 Å². The zero-order valence-corrected chi connectivity index (χ0v) is 16.2. The molecular weight excluding hydrogens is 352 g/mol. The highest BCUT2D eigenvalue weighted by Crippen LogP contribution is 2.30. The van der Waals surface area contributed by atoms with Crippen molar-refractivity contribution < 1.29 is 9.59 Å². The van der Waals surface area contributed by atoms with Crippen LogP contribution in [-0.4, -0.2) is 36.1 Å². The number of carbonyl (C=O) groups excluding carboxylic acids is 2. The van der Waals surface area contributed by atoms with Gasteiger partial charge in [0.1, 0.15) is 0 Å². The third kappa shape index (κ3) is 4.58. The van der Waals surface area contributed by atoms with Crippen molar-refractivity contribution in [3.05, 3.63) is 71.9 Å². The largest absolute Gasteiger partial charge is 0.361 e. The zero-order valence-electron chi connectivity index (χ0n) is 16.2. The van der Waals surface area contributed by atoms with Crippen molar-refractivity contribution in [2.45, 2.75) is 25.8 Å². The van der Waals surface area contributed by atoms with E-state index in [4.69, 9.17) is 0 Å². The molecule has 0 radical (unpaired) electrons. The van der Waals surface area contributed by atoms with Gasteiger partial charge in [-0.05, 0) is 31.0 Å². The Kier molecular flexibility index (Phi) is 6.45. The molecular formula is C22H26N4O2. The molecule has 3 aromatic rings. The Morgan fingerprint density at radius 1 is 1.04 bits per heavy atom. The summed E-state index contributed by atoms with van der Waals surface area (Å²) in [5.41, 5.74) is 3.42. The number of aromatic nitrogens is 1. The molecule has 0 aliphatic rings. The summed E-state index contributed by atoms with van der Waals surface area (Å²) in [6.07, 6.45) is 2.03. The van der Waals surface area contributed by atoms with Crippen LogP contribution in [0.3, 0.4) is 0 Å². The fourth-order valence-electron chi connectivity index (χ4n) is 3.29. The third-order valence-electron chi connectivity index (χ3n) is 4.79. The van der Waals surface area contributed by atoms with E-state index in [1.807, 2.05) is 36.5 Å². The van der Waals surface area contributed by atoms with Crippen LogP contribution in [0.25, 0.3) is 10.9 Å². The summed E-state index contributed by atoms with van der Waals surface area (Å²) in [6, 6.07) is 17.4. The molecule has 6 nitrogen and oxygen atoms in total. The Balaban J connectivity index is 1.78. The monoisotopic (exact) mass is 378 g/mol. The molecule has 146 valence electrons. The normalized spacial score (nSPS) is 13.1. The highest BCUT2D eigenvalue weighted by molar-refractivity contribution is 5.96. The highest BCUT2D eigenvalue weighted by atomic mass is 16.2. The molecule has 1 aromatic heterocycles. The minimum absolute atomic E-state index is 0.0667. The summed E-state index contributed by atoms with van der Waals surface area (Å²) in [7, 11) is 0. The van der Waals surface area contributed by atoms with Crippen molar-refractivity contribution in [2.24, 2.45) is 0 Å². The summed E-state index contributed by atoms with van der Waals surface area (Å²) in [5, 5.41) is 9.35. The summed E-state index contributed by atoms with van der Waals surface area (Å²) in [5.74, 6) is -0.284. The Hall–Kier alpha value is -3.12. The minimum atomic E-state index is -0.501. The van der Waals surface area contributed by atoms with E-state index in [1.165, 1.54) is 5.56 Å². The molecule has 0 saturated carbocycles. The van der Waals surface area contributed by atoms with Gasteiger partial charge in [-0.3, -0.25) is 10.1 Å². The number of amides is 3. The van der Waals surface area contributed by atoms with E-state index in [-0.39, 0.29) is 11.8 Å². The number of fused-ring (bicyclic) bond motifs is 1. The number of hydrogen-bond acceptors (Lipinski definition) is 3. The van der Waals surface area contributed by atoms with Crippen LogP contribution in [-0.2, 0) is 4.79 Å². The van der Waals surface area contributed by atoms with E-state index in [0.29, 0.717) is 13.1 Å².